The highest BCUT2D eigenvalue weighted by Gasteiger charge is 2.13. The van der Waals surface area contributed by atoms with E-state index in [0.29, 0.717) is 13.0 Å². The third-order valence-electron chi connectivity index (χ3n) is 4.24. The highest BCUT2D eigenvalue weighted by atomic mass is 16.5. The minimum absolute atomic E-state index is 0.110. The van der Waals surface area contributed by atoms with Gasteiger partial charge in [-0.2, -0.15) is 0 Å². The molecule has 0 heterocycles. The van der Waals surface area contributed by atoms with E-state index < -0.39 is 5.60 Å². The van der Waals surface area contributed by atoms with E-state index in [0.717, 1.165) is 43.4 Å². The summed E-state index contributed by atoms with van der Waals surface area (Å²) in [5.74, 6) is 1.04. The Morgan fingerprint density at radius 3 is 2.64 bits per heavy atom. The first-order chi connectivity index (χ1) is 11.7. The lowest BCUT2D eigenvalue weighted by Gasteiger charge is -2.19. The van der Waals surface area contributed by atoms with Gasteiger partial charge in [0.1, 0.15) is 5.75 Å². The summed E-state index contributed by atoms with van der Waals surface area (Å²) in [7, 11) is 0. The largest absolute Gasteiger partial charge is 0.494 e. The Morgan fingerprint density at radius 1 is 1.32 bits per heavy atom. The second-order valence-corrected chi connectivity index (χ2v) is 7.56. The van der Waals surface area contributed by atoms with Gasteiger partial charge in [0.15, 0.2) is 0 Å². The van der Waals surface area contributed by atoms with Gasteiger partial charge in [-0.1, -0.05) is 12.1 Å². The van der Waals surface area contributed by atoms with Crippen LogP contribution in [0.5, 0.6) is 5.75 Å². The van der Waals surface area contributed by atoms with Crippen LogP contribution < -0.4 is 10.1 Å². The summed E-state index contributed by atoms with van der Waals surface area (Å²) in [5, 5.41) is 12.8. The zero-order valence-corrected chi connectivity index (χ0v) is 16.5. The Balaban J connectivity index is 2.27. The van der Waals surface area contributed by atoms with E-state index in [4.69, 9.17) is 4.74 Å². The number of rotatable bonds is 11. The van der Waals surface area contributed by atoms with Gasteiger partial charge >= 0.3 is 0 Å². The maximum atomic E-state index is 12.0. The third-order valence-corrected chi connectivity index (χ3v) is 4.24. The Morgan fingerprint density at radius 2 is 2.04 bits per heavy atom. The van der Waals surface area contributed by atoms with Crippen LogP contribution in [-0.2, 0) is 11.2 Å². The molecule has 0 aromatic heterocycles. The second-order valence-electron chi connectivity index (χ2n) is 7.56. The quantitative estimate of drug-likeness (QED) is 0.630. The summed E-state index contributed by atoms with van der Waals surface area (Å²) in [5.41, 5.74) is 1.76. The molecule has 0 unspecified atom stereocenters. The van der Waals surface area contributed by atoms with Gasteiger partial charge in [-0.15, -0.1) is 0 Å². The molecule has 0 saturated heterocycles. The Kier molecular flexibility index (Phi) is 8.98. The molecule has 4 nitrogen and oxygen atoms in total. The van der Waals surface area contributed by atoms with Crippen LogP contribution in [0, 0.1) is 6.92 Å². The number of amides is 1. The van der Waals surface area contributed by atoms with Crippen LogP contribution >= 0.6 is 0 Å². The molecular weight excluding hydrogens is 314 g/mol. The monoisotopic (exact) mass is 349 g/mol. The molecular formula is C21H35NO3. The fraction of sp³-hybridized carbons (Fsp3) is 0.667. The van der Waals surface area contributed by atoms with Crippen LogP contribution in [-0.4, -0.2) is 29.3 Å². The zero-order valence-electron chi connectivity index (χ0n) is 16.5. The second kappa shape index (κ2) is 10.4. The smallest absolute Gasteiger partial charge is 0.220 e. The van der Waals surface area contributed by atoms with Crippen molar-refractivity contribution in [3.8, 4) is 5.75 Å². The Bertz CT molecular complexity index is 534. The van der Waals surface area contributed by atoms with E-state index in [-0.39, 0.29) is 11.9 Å². The van der Waals surface area contributed by atoms with Crippen molar-refractivity contribution < 1.29 is 14.6 Å². The van der Waals surface area contributed by atoms with Gasteiger partial charge < -0.3 is 15.2 Å². The van der Waals surface area contributed by atoms with Crippen LogP contribution in [0.15, 0.2) is 18.2 Å². The lowest BCUT2D eigenvalue weighted by atomic mass is 9.99. The van der Waals surface area contributed by atoms with E-state index in [1.54, 1.807) is 0 Å². The predicted molar refractivity (Wildman–Crippen MR) is 103 cm³/mol. The van der Waals surface area contributed by atoms with Gasteiger partial charge in [-0.3, -0.25) is 4.79 Å². The van der Waals surface area contributed by atoms with Crippen molar-refractivity contribution in [3.63, 3.8) is 0 Å². The summed E-state index contributed by atoms with van der Waals surface area (Å²) in [6, 6.07) is 6.39. The molecule has 0 spiro atoms. The molecule has 1 aromatic carbocycles. The van der Waals surface area contributed by atoms with Crippen LogP contribution in [0.3, 0.4) is 0 Å². The predicted octanol–water partition coefficient (Wildman–Crippen LogP) is 4.16. The fourth-order valence-corrected chi connectivity index (χ4v) is 2.90. The van der Waals surface area contributed by atoms with Gasteiger partial charge in [0.25, 0.3) is 0 Å². The first-order valence-corrected chi connectivity index (χ1v) is 9.45. The maximum Gasteiger partial charge on any atom is 0.220 e. The summed E-state index contributed by atoms with van der Waals surface area (Å²) in [4.78, 5) is 12.0. The standard InChI is InChI=1S/C21H35NO3/c1-6-25-19-13-12-18(15-16(19)2)10-7-11-20(23)22-17(3)9-8-14-21(4,5)24/h12-13,15,17,24H,6-11,14H2,1-5H3,(H,22,23)/t17-/m1/s1. The molecule has 1 aromatic rings. The molecule has 25 heavy (non-hydrogen) atoms. The van der Waals surface area contributed by atoms with Gasteiger partial charge in [0, 0.05) is 12.5 Å². The number of ether oxygens (including phenoxy) is 1. The molecule has 2 N–H and O–H groups in total. The summed E-state index contributed by atoms with van der Waals surface area (Å²) < 4.78 is 5.55. The summed E-state index contributed by atoms with van der Waals surface area (Å²) >= 11 is 0. The van der Waals surface area contributed by atoms with Crippen LogP contribution in [0.4, 0.5) is 0 Å². The maximum absolute atomic E-state index is 12.0. The van der Waals surface area contributed by atoms with Crippen LogP contribution in [0.1, 0.15) is 70.9 Å². The lowest BCUT2D eigenvalue weighted by molar-refractivity contribution is -0.121. The summed E-state index contributed by atoms with van der Waals surface area (Å²) in [6.07, 6.45) is 4.85. The van der Waals surface area contributed by atoms with Crippen molar-refractivity contribution in [2.45, 2.75) is 84.8 Å². The molecule has 0 aliphatic heterocycles. The average Bonchev–Trinajstić information content (AvgIpc) is 2.48. The highest BCUT2D eigenvalue weighted by molar-refractivity contribution is 5.76. The molecule has 0 saturated carbocycles. The van der Waals surface area contributed by atoms with Crippen LogP contribution in [0.25, 0.3) is 0 Å². The van der Waals surface area contributed by atoms with Crippen molar-refractivity contribution in [3.05, 3.63) is 29.3 Å². The first kappa shape index (κ1) is 21.5. The normalized spacial score (nSPS) is 12.7. The molecule has 0 radical (unpaired) electrons. The molecule has 0 aliphatic carbocycles. The highest BCUT2D eigenvalue weighted by Crippen LogP contribution is 2.20. The zero-order chi connectivity index (χ0) is 18.9. The number of nitrogens with one attached hydrogen (secondary N) is 1. The molecule has 1 rings (SSSR count). The molecule has 0 bridgehead atoms. The van der Waals surface area contributed by atoms with Gasteiger partial charge in [-0.25, -0.2) is 0 Å². The van der Waals surface area contributed by atoms with Crippen molar-refractivity contribution in [1.29, 1.82) is 0 Å². The number of carbonyl (C=O) groups excluding carboxylic acids is 1. The minimum atomic E-state index is -0.625. The number of aliphatic hydroxyl groups is 1. The van der Waals surface area contributed by atoms with E-state index in [2.05, 4.69) is 24.4 Å². The van der Waals surface area contributed by atoms with Crippen molar-refractivity contribution in [2.75, 3.05) is 6.61 Å². The molecule has 4 heteroatoms. The topological polar surface area (TPSA) is 58.6 Å². The van der Waals surface area contributed by atoms with Gasteiger partial charge in [0.05, 0.1) is 12.2 Å². The van der Waals surface area contributed by atoms with Crippen LogP contribution in [0.2, 0.25) is 0 Å². The van der Waals surface area contributed by atoms with Crippen molar-refractivity contribution >= 4 is 5.91 Å². The summed E-state index contributed by atoms with van der Waals surface area (Å²) in [6.45, 7) is 10.4. The average molecular weight is 350 g/mol. The van der Waals surface area contributed by atoms with Gasteiger partial charge in [-0.05, 0) is 83.9 Å². The van der Waals surface area contributed by atoms with Crippen molar-refractivity contribution in [2.24, 2.45) is 0 Å². The number of hydrogen-bond acceptors (Lipinski definition) is 3. The van der Waals surface area contributed by atoms with E-state index in [1.165, 1.54) is 5.56 Å². The number of hydrogen-bond donors (Lipinski definition) is 2. The molecule has 142 valence electrons. The molecule has 0 fully saturated rings. The number of aryl methyl sites for hydroxylation is 2. The van der Waals surface area contributed by atoms with E-state index in [1.807, 2.05) is 33.8 Å². The first-order valence-electron chi connectivity index (χ1n) is 9.45. The third kappa shape index (κ3) is 9.49. The molecule has 1 atom stereocenters. The van der Waals surface area contributed by atoms with E-state index in [9.17, 15) is 9.90 Å². The molecule has 1 amide bonds. The fourth-order valence-electron chi connectivity index (χ4n) is 2.90. The van der Waals surface area contributed by atoms with E-state index >= 15 is 0 Å². The molecule has 0 aliphatic rings. The van der Waals surface area contributed by atoms with Crippen molar-refractivity contribution in [1.82, 2.24) is 5.32 Å². The Labute approximate surface area is 153 Å². The van der Waals surface area contributed by atoms with Gasteiger partial charge in [0.2, 0.25) is 5.91 Å². The SMILES string of the molecule is CCOc1ccc(CCCC(=O)N[C@H](C)CCCC(C)(C)O)cc1C. The number of benzene rings is 1. The minimum Gasteiger partial charge on any atom is -0.494 e. The number of carbonyl (C=O) groups is 1. The Hall–Kier alpha value is -1.55. The lowest BCUT2D eigenvalue weighted by Crippen LogP contribution is -2.32.